The van der Waals surface area contributed by atoms with Gasteiger partial charge in [-0.2, -0.15) is 5.10 Å². The largest absolute Gasteiger partial charge is 0.478 e. The van der Waals surface area contributed by atoms with Crippen molar-refractivity contribution in [2.24, 2.45) is 0 Å². The van der Waals surface area contributed by atoms with Gasteiger partial charge in [-0.1, -0.05) is 23.7 Å². The Bertz CT molecular complexity index is 664. The van der Waals surface area contributed by atoms with E-state index in [1.54, 1.807) is 31.2 Å². The molecule has 0 unspecified atom stereocenters. The van der Waals surface area contributed by atoms with Gasteiger partial charge in [-0.3, -0.25) is 4.68 Å². The molecule has 0 saturated heterocycles. The zero-order valence-corrected chi connectivity index (χ0v) is 12.0. The molecule has 1 heterocycles. The van der Waals surface area contributed by atoms with E-state index in [0.717, 1.165) is 5.56 Å². The molecule has 0 saturated carbocycles. The summed E-state index contributed by atoms with van der Waals surface area (Å²) >= 11 is 5.80. The fourth-order valence-corrected chi connectivity index (χ4v) is 1.91. The van der Waals surface area contributed by atoms with Crippen molar-refractivity contribution in [2.75, 3.05) is 6.61 Å². The van der Waals surface area contributed by atoms with Crippen molar-refractivity contribution in [3.05, 3.63) is 52.3 Å². The molecule has 1 N–H and O–H groups in total. The lowest BCUT2D eigenvalue weighted by Crippen LogP contribution is -2.11. The third-order valence-corrected chi connectivity index (χ3v) is 2.97. The Hall–Kier alpha value is -2.34. The number of carboxylic acids is 1. The minimum absolute atomic E-state index is 0.155. The summed E-state index contributed by atoms with van der Waals surface area (Å²) in [4.78, 5) is 22.9. The van der Waals surface area contributed by atoms with Crippen LogP contribution in [0.3, 0.4) is 0 Å². The number of carbonyl (C=O) groups excluding carboxylic acids is 1. The summed E-state index contributed by atoms with van der Waals surface area (Å²) in [6.45, 7) is 2.13. The number of benzene rings is 1. The maximum Gasteiger partial charge on any atom is 0.359 e. The number of aromatic carboxylic acids is 1. The van der Waals surface area contributed by atoms with Crippen LogP contribution >= 0.6 is 11.6 Å². The number of hydrogen-bond acceptors (Lipinski definition) is 4. The zero-order valence-electron chi connectivity index (χ0n) is 11.2. The molecule has 110 valence electrons. The number of aromatic nitrogens is 2. The highest BCUT2D eigenvalue weighted by atomic mass is 35.5. The predicted octanol–water partition coefficient (Wildman–Crippen LogP) is 2.46. The predicted molar refractivity (Wildman–Crippen MR) is 75.7 cm³/mol. The van der Waals surface area contributed by atoms with Gasteiger partial charge in [0.25, 0.3) is 0 Å². The second-order valence-electron chi connectivity index (χ2n) is 4.24. The van der Waals surface area contributed by atoms with E-state index < -0.39 is 11.9 Å². The fraction of sp³-hybridized carbons (Fsp3) is 0.214. The van der Waals surface area contributed by atoms with Crippen LogP contribution in [0.25, 0.3) is 0 Å². The molecule has 0 bridgehead atoms. The van der Waals surface area contributed by atoms with Crippen LogP contribution in [0, 0.1) is 0 Å². The summed E-state index contributed by atoms with van der Waals surface area (Å²) in [7, 11) is 0. The molecular formula is C14H13ClN2O4. The Morgan fingerprint density at radius 2 is 2.00 bits per heavy atom. The summed E-state index contributed by atoms with van der Waals surface area (Å²) in [6, 6.07) is 7.05. The molecule has 1 aromatic heterocycles. The van der Waals surface area contributed by atoms with E-state index in [2.05, 4.69) is 5.10 Å². The van der Waals surface area contributed by atoms with Gasteiger partial charge in [0.15, 0.2) is 5.69 Å². The molecule has 0 radical (unpaired) electrons. The molecule has 7 heteroatoms. The molecule has 0 aliphatic heterocycles. The number of hydrogen-bond donors (Lipinski definition) is 1. The molecule has 6 nitrogen and oxygen atoms in total. The van der Waals surface area contributed by atoms with Gasteiger partial charge in [0.2, 0.25) is 0 Å². The first kappa shape index (κ1) is 15.1. The standard InChI is InChI=1S/C14H13ClN2O4/c1-2-21-14(20)12-11(13(18)19)8-17(16-12)7-9-3-5-10(15)6-4-9/h3-6,8H,2,7H2,1H3,(H,18,19). The third-order valence-electron chi connectivity index (χ3n) is 2.72. The van der Waals surface area contributed by atoms with Crippen LogP contribution in [0.4, 0.5) is 0 Å². The molecule has 0 aliphatic rings. The van der Waals surface area contributed by atoms with Crippen LogP contribution in [-0.4, -0.2) is 33.4 Å². The van der Waals surface area contributed by atoms with E-state index in [9.17, 15) is 9.59 Å². The Morgan fingerprint density at radius 1 is 1.33 bits per heavy atom. The number of halogens is 1. The maximum absolute atomic E-state index is 11.7. The Balaban J connectivity index is 2.28. The Kier molecular flexibility index (Phi) is 4.59. The topological polar surface area (TPSA) is 81.4 Å². The summed E-state index contributed by atoms with van der Waals surface area (Å²) < 4.78 is 6.19. The van der Waals surface area contributed by atoms with E-state index in [-0.39, 0.29) is 17.9 Å². The van der Waals surface area contributed by atoms with E-state index in [1.807, 2.05) is 0 Å². The smallest absolute Gasteiger partial charge is 0.359 e. The van der Waals surface area contributed by atoms with Gasteiger partial charge in [-0.15, -0.1) is 0 Å². The SMILES string of the molecule is CCOC(=O)c1nn(Cc2ccc(Cl)cc2)cc1C(=O)O. The second kappa shape index (κ2) is 6.41. The van der Waals surface area contributed by atoms with Gasteiger partial charge in [0, 0.05) is 11.2 Å². The average molecular weight is 309 g/mol. The molecule has 2 aromatic rings. The lowest BCUT2D eigenvalue weighted by molar-refractivity contribution is 0.0507. The van der Waals surface area contributed by atoms with Crippen LogP contribution in [0.15, 0.2) is 30.5 Å². The van der Waals surface area contributed by atoms with Crippen LogP contribution in [0.2, 0.25) is 5.02 Å². The highest BCUT2D eigenvalue weighted by Crippen LogP contribution is 2.13. The molecule has 1 aromatic carbocycles. The van der Waals surface area contributed by atoms with Gasteiger partial charge in [-0.05, 0) is 24.6 Å². The third kappa shape index (κ3) is 3.61. The summed E-state index contributed by atoms with van der Waals surface area (Å²) in [5.41, 5.74) is 0.509. The molecule has 0 atom stereocenters. The zero-order chi connectivity index (χ0) is 15.4. The van der Waals surface area contributed by atoms with Crippen LogP contribution in [-0.2, 0) is 11.3 Å². The molecule has 0 amide bonds. The van der Waals surface area contributed by atoms with Crippen molar-refractivity contribution in [1.82, 2.24) is 9.78 Å². The first-order valence-electron chi connectivity index (χ1n) is 6.23. The minimum Gasteiger partial charge on any atom is -0.478 e. The van der Waals surface area contributed by atoms with Gasteiger partial charge in [0.1, 0.15) is 5.56 Å². The van der Waals surface area contributed by atoms with Crippen LogP contribution < -0.4 is 0 Å². The number of carboxylic acid groups (broad SMARTS) is 1. The van der Waals surface area contributed by atoms with E-state index in [4.69, 9.17) is 21.4 Å². The van der Waals surface area contributed by atoms with Crippen molar-refractivity contribution in [2.45, 2.75) is 13.5 Å². The summed E-state index contributed by atoms with van der Waals surface area (Å²) in [5.74, 6) is -1.97. The average Bonchev–Trinajstić information content (AvgIpc) is 2.86. The first-order valence-corrected chi connectivity index (χ1v) is 6.61. The van der Waals surface area contributed by atoms with Crippen LogP contribution in [0.1, 0.15) is 33.3 Å². The van der Waals surface area contributed by atoms with E-state index in [0.29, 0.717) is 11.6 Å². The van der Waals surface area contributed by atoms with Crippen molar-refractivity contribution in [3.63, 3.8) is 0 Å². The minimum atomic E-state index is -1.22. The van der Waals surface area contributed by atoms with Crippen molar-refractivity contribution >= 4 is 23.5 Å². The van der Waals surface area contributed by atoms with E-state index in [1.165, 1.54) is 10.9 Å². The van der Waals surface area contributed by atoms with Crippen molar-refractivity contribution in [3.8, 4) is 0 Å². The number of nitrogens with zero attached hydrogens (tertiary/aromatic N) is 2. The van der Waals surface area contributed by atoms with Crippen LogP contribution in [0.5, 0.6) is 0 Å². The maximum atomic E-state index is 11.7. The first-order chi connectivity index (χ1) is 10.0. The lowest BCUT2D eigenvalue weighted by atomic mass is 10.2. The normalized spacial score (nSPS) is 10.4. The highest BCUT2D eigenvalue weighted by Gasteiger charge is 2.22. The molecule has 0 aliphatic carbocycles. The lowest BCUT2D eigenvalue weighted by Gasteiger charge is -2.02. The highest BCUT2D eigenvalue weighted by molar-refractivity contribution is 6.30. The Morgan fingerprint density at radius 3 is 2.57 bits per heavy atom. The molecule has 2 rings (SSSR count). The van der Waals surface area contributed by atoms with Gasteiger partial charge < -0.3 is 9.84 Å². The number of esters is 1. The fourth-order valence-electron chi connectivity index (χ4n) is 1.79. The summed E-state index contributed by atoms with van der Waals surface area (Å²) in [5, 5.41) is 13.7. The molecule has 21 heavy (non-hydrogen) atoms. The number of rotatable bonds is 5. The van der Waals surface area contributed by atoms with Gasteiger partial charge in [-0.25, -0.2) is 9.59 Å². The Labute approximate surface area is 125 Å². The van der Waals surface area contributed by atoms with Crippen molar-refractivity contribution < 1.29 is 19.4 Å². The van der Waals surface area contributed by atoms with E-state index >= 15 is 0 Å². The number of ether oxygens (including phenoxy) is 1. The van der Waals surface area contributed by atoms with Gasteiger partial charge >= 0.3 is 11.9 Å². The quantitative estimate of drug-likeness (QED) is 0.858. The second-order valence-corrected chi connectivity index (χ2v) is 4.68. The number of carbonyl (C=O) groups is 2. The monoisotopic (exact) mass is 308 g/mol. The molecule has 0 fully saturated rings. The molecular weight excluding hydrogens is 296 g/mol. The van der Waals surface area contributed by atoms with Crippen molar-refractivity contribution in [1.29, 1.82) is 0 Å². The van der Waals surface area contributed by atoms with Gasteiger partial charge in [0.05, 0.1) is 13.2 Å². The summed E-state index contributed by atoms with van der Waals surface area (Å²) in [6.07, 6.45) is 1.31. The molecule has 0 spiro atoms.